The van der Waals surface area contributed by atoms with E-state index in [-0.39, 0.29) is 5.41 Å². The molecule has 2 heterocycles. The van der Waals surface area contributed by atoms with Crippen LogP contribution in [0.15, 0.2) is 243 Å². The minimum atomic E-state index is -2.75. The van der Waals surface area contributed by atoms with Gasteiger partial charge in [0.15, 0.2) is 8.07 Å². The fraction of sp³-hybridized carbons (Fsp3) is 0.0476. The summed E-state index contributed by atoms with van der Waals surface area (Å²) in [4.78, 5) is 2.48. The van der Waals surface area contributed by atoms with Crippen LogP contribution in [0.2, 0.25) is 0 Å². The van der Waals surface area contributed by atoms with Gasteiger partial charge in [-0.25, -0.2) is 0 Å². The SMILES string of the molecule is CC1(C)c2ccccc2-c2c(-c3ccc(N(c4cccc([Si]5(c6ccccc6)c6ccccc6-c6ccccc65)c4)c4ccc5c(c4)c4ccccc4n5-c4ccccc4)cc3)cccc21. The molecule has 0 amide bonds. The molecule has 1 aliphatic carbocycles. The van der Waals surface area contributed by atoms with E-state index in [2.05, 4.69) is 266 Å². The van der Waals surface area contributed by atoms with Crippen LogP contribution in [0.1, 0.15) is 25.0 Å². The first-order valence-corrected chi connectivity index (χ1v) is 25.1. The summed E-state index contributed by atoms with van der Waals surface area (Å²) in [5.41, 5.74) is 17.5. The maximum Gasteiger partial charge on any atom is 0.180 e. The van der Waals surface area contributed by atoms with Crippen LogP contribution in [0.25, 0.3) is 60.9 Å². The summed E-state index contributed by atoms with van der Waals surface area (Å²) in [5, 5.41) is 8.11. The minimum Gasteiger partial charge on any atom is -0.310 e. The Kier molecular flexibility index (Phi) is 8.62. The van der Waals surface area contributed by atoms with Crippen LogP contribution in [-0.4, -0.2) is 12.6 Å². The van der Waals surface area contributed by atoms with Crippen molar-refractivity contribution in [3.05, 3.63) is 254 Å². The van der Waals surface area contributed by atoms with E-state index in [4.69, 9.17) is 0 Å². The molecule has 1 aromatic heterocycles. The van der Waals surface area contributed by atoms with Crippen LogP contribution in [0, 0.1) is 0 Å². The van der Waals surface area contributed by atoms with Crippen molar-refractivity contribution in [2.45, 2.75) is 19.3 Å². The summed E-state index contributed by atoms with van der Waals surface area (Å²) in [5.74, 6) is 0. The molecule has 0 atom stereocenters. The molecule has 0 bridgehead atoms. The molecule has 312 valence electrons. The number of nitrogens with zero attached hydrogens (tertiary/aromatic N) is 2. The second kappa shape index (κ2) is 14.8. The Labute approximate surface area is 387 Å². The Hall–Kier alpha value is -7.98. The smallest absolute Gasteiger partial charge is 0.180 e. The van der Waals surface area contributed by atoms with E-state index in [1.54, 1.807) is 0 Å². The number of hydrogen-bond acceptors (Lipinski definition) is 1. The number of hydrogen-bond donors (Lipinski definition) is 0. The molecular formula is C63H46N2Si. The third-order valence-electron chi connectivity index (χ3n) is 14.7. The highest BCUT2D eigenvalue weighted by Crippen LogP contribution is 2.52. The van der Waals surface area contributed by atoms with E-state index in [9.17, 15) is 0 Å². The van der Waals surface area contributed by atoms with Gasteiger partial charge < -0.3 is 9.47 Å². The third-order valence-corrected chi connectivity index (χ3v) is 19.5. The van der Waals surface area contributed by atoms with Crippen molar-refractivity contribution >= 4 is 67.7 Å². The van der Waals surface area contributed by atoms with Gasteiger partial charge >= 0.3 is 0 Å². The first kappa shape index (κ1) is 38.5. The van der Waals surface area contributed by atoms with E-state index >= 15 is 0 Å². The van der Waals surface area contributed by atoms with Gasteiger partial charge in [0.05, 0.1) is 11.0 Å². The first-order valence-electron chi connectivity index (χ1n) is 23.1. The van der Waals surface area contributed by atoms with Gasteiger partial charge in [-0.05, 0) is 126 Å². The number of aromatic nitrogens is 1. The normalized spacial score (nSPS) is 13.8. The van der Waals surface area contributed by atoms with Crippen LogP contribution >= 0.6 is 0 Å². The maximum atomic E-state index is 2.51. The topological polar surface area (TPSA) is 8.17 Å². The van der Waals surface area contributed by atoms with E-state index in [0.717, 1.165) is 22.7 Å². The zero-order valence-corrected chi connectivity index (χ0v) is 38.0. The molecule has 66 heavy (non-hydrogen) atoms. The lowest BCUT2D eigenvalue weighted by Gasteiger charge is -2.33. The molecule has 0 N–H and O–H groups in total. The molecule has 0 saturated heterocycles. The van der Waals surface area contributed by atoms with Crippen LogP contribution < -0.4 is 25.6 Å². The molecule has 0 radical (unpaired) electrons. The highest BCUT2D eigenvalue weighted by atomic mass is 28.3. The molecule has 11 aromatic rings. The van der Waals surface area contributed by atoms with Crippen LogP contribution in [-0.2, 0) is 5.41 Å². The molecule has 0 saturated carbocycles. The molecule has 2 aliphatic rings. The standard InChI is InChI=1S/C63H46N2Si/c1-63(2)56-30-13-9-28-54(56)62-50(29-18-31-57(62)63)43-35-37-45(38-36-43)64(47-39-40-59-55(42-47)51-25-10-14-32-58(51)65(59)44-19-5-3-6-20-44)46-21-17-24-49(41-46)66(48-22-7-4-8-23-48)60-33-15-11-26-52(60)53-27-12-16-34-61(53)66/h3-42H,1-2H3. The van der Waals surface area contributed by atoms with Gasteiger partial charge in [0.25, 0.3) is 0 Å². The van der Waals surface area contributed by atoms with E-state index in [1.165, 1.54) is 87.1 Å². The lowest BCUT2D eigenvalue weighted by molar-refractivity contribution is 0.660. The number of para-hydroxylation sites is 2. The van der Waals surface area contributed by atoms with Crippen molar-refractivity contribution in [1.82, 2.24) is 4.57 Å². The van der Waals surface area contributed by atoms with Crippen molar-refractivity contribution in [3.63, 3.8) is 0 Å². The zero-order chi connectivity index (χ0) is 44.0. The maximum absolute atomic E-state index is 2.75. The van der Waals surface area contributed by atoms with Gasteiger partial charge in [0.1, 0.15) is 0 Å². The van der Waals surface area contributed by atoms with Crippen molar-refractivity contribution in [2.75, 3.05) is 4.90 Å². The Morgan fingerprint density at radius 3 is 1.68 bits per heavy atom. The van der Waals surface area contributed by atoms with Gasteiger partial charge in [0.2, 0.25) is 0 Å². The van der Waals surface area contributed by atoms with Crippen LogP contribution in [0.4, 0.5) is 17.1 Å². The molecule has 10 aromatic carbocycles. The Morgan fingerprint density at radius 2 is 0.924 bits per heavy atom. The lowest BCUT2D eigenvalue weighted by atomic mass is 9.82. The van der Waals surface area contributed by atoms with Crippen molar-refractivity contribution < 1.29 is 0 Å². The van der Waals surface area contributed by atoms with E-state index < -0.39 is 8.07 Å². The average molecular weight is 859 g/mol. The Morgan fingerprint density at radius 1 is 0.379 bits per heavy atom. The summed E-state index contributed by atoms with van der Waals surface area (Å²) < 4.78 is 2.40. The molecule has 0 unspecified atom stereocenters. The predicted molar refractivity (Wildman–Crippen MR) is 281 cm³/mol. The van der Waals surface area contributed by atoms with Gasteiger partial charge in [-0.15, -0.1) is 0 Å². The number of anilines is 3. The lowest BCUT2D eigenvalue weighted by Crippen LogP contribution is -2.72. The number of rotatable bonds is 7. The van der Waals surface area contributed by atoms with E-state index in [1.807, 2.05) is 0 Å². The second-order valence-corrected chi connectivity index (χ2v) is 22.2. The molecule has 13 rings (SSSR count). The summed E-state index contributed by atoms with van der Waals surface area (Å²) in [7, 11) is -2.75. The van der Waals surface area contributed by atoms with Crippen molar-refractivity contribution in [1.29, 1.82) is 0 Å². The summed E-state index contributed by atoms with van der Waals surface area (Å²) in [6.45, 7) is 4.72. The van der Waals surface area contributed by atoms with Gasteiger partial charge in [0, 0.05) is 38.9 Å². The molecular weight excluding hydrogens is 813 g/mol. The largest absolute Gasteiger partial charge is 0.310 e. The number of benzene rings is 10. The zero-order valence-electron chi connectivity index (χ0n) is 37.0. The predicted octanol–water partition coefficient (Wildman–Crippen LogP) is 13.6. The van der Waals surface area contributed by atoms with Gasteiger partial charge in [-0.3, -0.25) is 0 Å². The highest BCUT2D eigenvalue weighted by Gasteiger charge is 2.48. The Bertz CT molecular complexity index is 3630. The fourth-order valence-electron chi connectivity index (χ4n) is 11.8. The highest BCUT2D eigenvalue weighted by molar-refractivity contribution is 7.22. The Balaban J connectivity index is 1.03. The molecule has 0 spiro atoms. The van der Waals surface area contributed by atoms with Gasteiger partial charge in [-0.1, -0.05) is 196 Å². The monoisotopic (exact) mass is 858 g/mol. The van der Waals surface area contributed by atoms with Crippen molar-refractivity contribution in [3.8, 4) is 39.1 Å². The second-order valence-electron chi connectivity index (χ2n) is 18.4. The van der Waals surface area contributed by atoms with Crippen LogP contribution in [0.5, 0.6) is 0 Å². The van der Waals surface area contributed by atoms with Gasteiger partial charge in [-0.2, -0.15) is 0 Å². The van der Waals surface area contributed by atoms with Crippen molar-refractivity contribution in [2.24, 2.45) is 0 Å². The molecule has 1 aliphatic heterocycles. The number of fused-ring (bicyclic) bond motifs is 9. The summed E-state index contributed by atoms with van der Waals surface area (Å²) in [6.07, 6.45) is 0. The van der Waals surface area contributed by atoms with E-state index in [0.29, 0.717) is 0 Å². The van der Waals surface area contributed by atoms with Crippen LogP contribution in [0.3, 0.4) is 0 Å². The molecule has 3 heteroatoms. The average Bonchev–Trinajstić information content (AvgIpc) is 3.96. The fourth-order valence-corrected chi connectivity index (χ4v) is 17.0. The third kappa shape index (κ3) is 5.54. The molecule has 2 nitrogen and oxygen atoms in total. The first-order chi connectivity index (χ1) is 32.5. The quantitative estimate of drug-likeness (QED) is 0.145. The minimum absolute atomic E-state index is 0.0628. The summed E-state index contributed by atoms with van der Waals surface area (Å²) >= 11 is 0. The summed E-state index contributed by atoms with van der Waals surface area (Å²) in [6, 6.07) is 90.8. The molecule has 0 fully saturated rings.